The minimum atomic E-state index is -0.472. The first-order valence-electron chi connectivity index (χ1n) is 6.27. The normalized spacial score (nSPS) is 19.1. The lowest BCUT2D eigenvalue weighted by atomic mass is 10.1. The highest BCUT2D eigenvalue weighted by atomic mass is 16.3. The van der Waals surface area contributed by atoms with Crippen LogP contribution in [0.5, 0.6) is 0 Å². The van der Waals surface area contributed by atoms with Crippen molar-refractivity contribution in [2.24, 2.45) is 0 Å². The summed E-state index contributed by atoms with van der Waals surface area (Å²) >= 11 is 0. The van der Waals surface area contributed by atoms with Crippen molar-refractivity contribution >= 4 is 11.6 Å². The molecule has 0 fully saturated rings. The molecule has 5 heteroatoms. The monoisotopic (exact) mass is 257 g/mol. The number of carbonyl (C=O) groups excluding carboxylic acids is 1. The fourth-order valence-electron chi connectivity index (χ4n) is 2.42. The van der Waals surface area contributed by atoms with Crippen molar-refractivity contribution in [1.82, 2.24) is 10.3 Å². The first-order chi connectivity index (χ1) is 9.31. The van der Waals surface area contributed by atoms with E-state index in [0.717, 1.165) is 11.4 Å². The standard InChI is InChI=1S/C14H15N3O2/c1-15-12-13-11(16-9-19-13)7-8-17(14(12)18)10-5-3-2-4-6-10/h2-6,9,12,15H,7-8H2,1H3. The Labute approximate surface area is 111 Å². The van der Waals surface area contributed by atoms with Gasteiger partial charge in [0.25, 0.3) is 5.91 Å². The largest absolute Gasteiger partial charge is 0.446 e. The van der Waals surface area contributed by atoms with Crippen LogP contribution in [-0.4, -0.2) is 24.5 Å². The molecule has 2 heterocycles. The number of nitrogens with zero attached hydrogens (tertiary/aromatic N) is 2. The van der Waals surface area contributed by atoms with Gasteiger partial charge in [0.1, 0.15) is 6.04 Å². The number of anilines is 1. The minimum Gasteiger partial charge on any atom is -0.446 e. The number of oxazole rings is 1. The van der Waals surface area contributed by atoms with Gasteiger partial charge in [0, 0.05) is 18.7 Å². The second kappa shape index (κ2) is 4.85. The number of para-hydroxylation sites is 1. The molecule has 0 radical (unpaired) electrons. The molecule has 1 amide bonds. The summed E-state index contributed by atoms with van der Waals surface area (Å²) < 4.78 is 5.37. The van der Waals surface area contributed by atoms with Gasteiger partial charge in [-0.1, -0.05) is 18.2 Å². The molecule has 1 aliphatic heterocycles. The number of rotatable bonds is 2. The Kier molecular flexibility index (Phi) is 3.05. The average molecular weight is 257 g/mol. The van der Waals surface area contributed by atoms with Gasteiger partial charge in [0.15, 0.2) is 12.2 Å². The fraction of sp³-hybridized carbons (Fsp3) is 0.286. The number of nitrogens with one attached hydrogen (secondary N) is 1. The number of benzene rings is 1. The Morgan fingerprint density at radius 3 is 2.89 bits per heavy atom. The van der Waals surface area contributed by atoms with Gasteiger partial charge in [0.2, 0.25) is 0 Å². The van der Waals surface area contributed by atoms with Crippen LogP contribution in [0.3, 0.4) is 0 Å². The fourth-order valence-corrected chi connectivity index (χ4v) is 2.42. The van der Waals surface area contributed by atoms with Crippen LogP contribution in [-0.2, 0) is 11.2 Å². The quantitative estimate of drug-likeness (QED) is 0.886. The predicted octanol–water partition coefficient (Wildman–Crippen LogP) is 1.52. The molecule has 0 saturated heterocycles. The van der Waals surface area contributed by atoms with E-state index in [2.05, 4.69) is 10.3 Å². The van der Waals surface area contributed by atoms with E-state index in [9.17, 15) is 4.79 Å². The number of hydrogen-bond donors (Lipinski definition) is 1. The molecule has 0 bridgehead atoms. The molecule has 0 saturated carbocycles. The van der Waals surface area contributed by atoms with Crippen LogP contribution in [0.1, 0.15) is 17.5 Å². The van der Waals surface area contributed by atoms with Gasteiger partial charge in [-0.25, -0.2) is 4.98 Å². The first-order valence-corrected chi connectivity index (χ1v) is 6.27. The van der Waals surface area contributed by atoms with Crippen LogP contribution >= 0.6 is 0 Å². The number of likely N-dealkylation sites (N-methyl/N-ethyl adjacent to an activating group) is 1. The van der Waals surface area contributed by atoms with Gasteiger partial charge in [-0.3, -0.25) is 4.79 Å². The lowest BCUT2D eigenvalue weighted by Crippen LogP contribution is -2.39. The van der Waals surface area contributed by atoms with Crippen LogP contribution in [0.25, 0.3) is 0 Å². The number of aromatic nitrogens is 1. The van der Waals surface area contributed by atoms with Crippen LogP contribution in [0.2, 0.25) is 0 Å². The predicted molar refractivity (Wildman–Crippen MR) is 70.8 cm³/mol. The maximum atomic E-state index is 12.6. The summed E-state index contributed by atoms with van der Waals surface area (Å²) in [6, 6.07) is 9.19. The van der Waals surface area contributed by atoms with E-state index >= 15 is 0 Å². The van der Waals surface area contributed by atoms with E-state index in [1.54, 1.807) is 11.9 Å². The van der Waals surface area contributed by atoms with E-state index in [4.69, 9.17) is 4.42 Å². The molecule has 1 atom stereocenters. The van der Waals surface area contributed by atoms with Gasteiger partial charge in [-0.05, 0) is 19.2 Å². The van der Waals surface area contributed by atoms with Crippen molar-refractivity contribution in [3.05, 3.63) is 48.2 Å². The molecule has 0 spiro atoms. The second-order valence-corrected chi connectivity index (χ2v) is 4.46. The molecule has 2 aromatic rings. The Balaban J connectivity index is 1.99. The molecule has 1 N–H and O–H groups in total. The van der Waals surface area contributed by atoms with Crippen molar-refractivity contribution in [2.75, 3.05) is 18.5 Å². The molecule has 1 aromatic heterocycles. The van der Waals surface area contributed by atoms with Crippen molar-refractivity contribution in [3.8, 4) is 0 Å². The zero-order chi connectivity index (χ0) is 13.2. The zero-order valence-corrected chi connectivity index (χ0v) is 10.7. The van der Waals surface area contributed by atoms with Gasteiger partial charge in [0.05, 0.1) is 5.69 Å². The summed E-state index contributed by atoms with van der Waals surface area (Å²) in [6.45, 7) is 0.612. The molecule has 1 aliphatic rings. The SMILES string of the molecule is CNC1C(=O)N(c2ccccc2)CCc2ncoc21. The Morgan fingerprint density at radius 1 is 1.37 bits per heavy atom. The Bertz CT molecular complexity index is 579. The van der Waals surface area contributed by atoms with E-state index in [0.29, 0.717) is 18.7 Å². The molecule has 5 nitrogen and oxygen atoms in total. The minimum absolute atomic E-state index is 0.01000. The maximum absolute atomic E-state index is 12.6. The van der Waals surface area contributed by atoms with Gasteiger partial charge in [-0.15, -0.1) is 0 Å². The number of hydrogen-bond acceptors (Lipinski definition) is 4. The summed E-state index contributed by atoms with van der Waals surface area (Å²) in [5.74, 6) is 0.620. The number of carbonyl (C=O) groups is 1. The second-order valence-electron chi connectivity index (χ2n) is 4.46. The molecule has 3 rings (SSSR count). The average Bonchev–Trinajstić information content (AvgIpc) is 2.85. The van der Waals surface area contributed by atoms with Crippen molar-refractivity contribution in [1.29, 1.82) is 0 Å². The van der Waals surface area contributed by atoms with Gasteiger partial charge < -0.3 is 14.6 Å². The summed E-state index contributed by atoms with van der Waals surface area (Å²) in [7, 11) is 1.75. The molecule has 1 unspecified atom stereocenters. The van der Waals surface area contributed by atoms with E-state index in [1.807, 2.05) is 30.3 Å². The van der Waals surface area contributed by atoms with Crippen LogP contribution in [0.15, 0.2) is 41.1 Å². The van der Waals surface area contributed by atoms with E-state index in [1.165, 1.54) is 6.39 Å². The van der Waals surface area contributed by atoms with E-state index in [-0.39, 0.29) is 5.91 Å². The molecule has 0 aliphatic carbocycles. The first kappa shape index (κ1) is 11.9. The maximum Gasteiger partial charge on any atom is 0.252 e. The number of amides is 1. The van der Waals surface area contributed by atoms with Crippen LogP contribution < -0.4 is 10.2 Å². The van der Waals surface area contributed by atoms with Crippen molar-refractivity contribution in [3.63, 3.8) is 0 Å². The van der Waals surface area contributed by atoms with Crippen molar-refractivity contribution in [2.45, 2.75) is 12.5 Å². The molecule has 1 aromatic carbocycles. The molecule has 19 heavy (non-hydrogen) atoms. The van der Waals surface area contributed by atoms with Gasteiger partial charge >= 0.3 is 0 Å². The van der Waals surface area contributed by atoms with Crippen LogP contribution in [0, 0.1) is 0 Å². The summed E-state index contributed by atoms with van der Waals surface area (Å²) in [4.78, 5) is 18.6. The third-order valence-electron chi connectivity index (χ3n) is 3.38. The lowest BCUT2D eigenvalue weighted by Gasteiger charge is -2.23. The highest BCUT2D eigenvalue weighted by Crippen LogP contribution is 2.27. The van der Waals surface area contributed by atoms with Crippen LogP contribution in [0.4, 0.5) is 5.69 Å². The highest BCUT2D eigenvalue weighted by Gasteiger charge is 2.33. The smallest absolute Gasteiger partial charge is 0.252 e. The van der Waals surface area contributed by atoms with Crippen molar-refractivity contribution < 1.29 is 9.21 Å². The topological polar surface area (TPSA) is 58.4 Å². The highest BCUT2D eigenvalue weighted by molar-refractivity contribution is 5.98. The Morgan fingerprint density at radius 2 is 2.16 bits per heavy atom. The summed E-state index contributed by atoms with van der Waals surface area (Å²) in [6.07, 6.45) is 2.10. The Hall–Kier alpha value is -2.14. The number of fused-ring (bicyclic) bond motifs is 1. The third-order valence-corrected chi connectivity index (χ3v) is 3.38. The summed E-state index contributed by atoms with van der Waals surface area (Å²) in [5, 5.41) is 3.01. The third kappa shape index (κ3) is 2.02. The molecular weight excluding hydrogens is 242 g/mol. The molecular formula is C14H15N3O2. The lowest BCUT2D eigenvalue weighted by molar-refractivity contribution is -0.120. The van der Waals surface area contributed by atoms with Gasteiger partial charge in [-0.2, -0.15) is 0 Å². The summed E-state index contributed by atoms with van der Waals surface area (Å²) in [5.41, 5.74) is 1.75. The van der Waals surface area contributed by atoms with E-state index < -0.39 is 6.04 Å². The zero-order valence-electron chi connectivity index (χ0n) is 10.7. The molecule has 98 valence electrons.